The second-order valence-corrected chi connectivity index (χ2v) is 11.0. The number of ether oxygens (including phenoxy) is 4. The van der Waals surface area contributed by atoms with Crippen LogP contribution in [0.5, 0.6) is 23.0 Å². The normalized spacial score (nSPS) is 13.9. The Bertz CT molecular complexity index is 1600. The van der Waals surface area contributed by atoms with Crippen molar-refractivity contribution in [3.05, 3.63) is 66.1 Å². The molecule has 0 saturated heterocycles. The lowest BCUT2D eigenvalue weighted by Crippen LogP contribution is -2.48. The molecule has 0 bridgehead atoms. The summed E-state index contributed by atoms with van der Waals surface area (Å²) in [4.78, 5) is 30.8. The van der Waals surface area contributed by atoms with Gasteiger partial charge in [-0.25, -0.2) is 0 Å². The number of furan rings is 1. The van der Waals surface area contributed by atoms with Gasteiger partial charge in [0.15, 0.2) is 29.0 Å². The molecular weight excluding hydrogens is 592 g/mol. The van der Waals surface area contributed by atoms with Crippen molar-refractivity contribution in [2.75, 3.05) is 35.0 Å². The summed E-state index contributed by atoms with van der Waals surface area (Å²) < 4.78 is 27.3. The van der Waals surface area contributed by atoms with Crippen molar-refractivity contribution in [2.24, 2.45) is 0 Å². The van der Waals surface area contributed by atoms with Crippen LogP contribution in [0.1, 0.15) is 49.5 Å². The highest BCUT2D eigenvalue weighted by molar-refractivity contribution is 5.88. The van der Waals surface area contributed by atoms with Crippen LogP contribution >= 0.6 is 0 Å². The zero-order chi connectivity index (χ0) is 32.5. The van der Waals surface area contributed by atoms with E-state index in [2.05, 4.69) is 20.7 Å². The Morgan fingerprint density at radius 2 is 1.63 bits per heavy atom. The fourth-order valence-electron chi connectivity index (χ4n) is 5.69. The molecule has 5 rings (SSSR count). The van der Waals surface area contributed by atoms with E-state index in [0.717, 1.165) is 37.7 Å². The lowest BCUT2D eigenvalue weighted by atomic mass is 9.95. The van der Waals surface area contributed by atoms with Crippen molar-refractivity contribution in [3.63, 3.8) is 0 Å². The fraction of sp³-hybridized carbons (Fsp3) is 0.424. The number of nitrogens with one attached hydrogen (secondary N) is 1. The van der Waals surface area contributed by atoms with E-state index in [-0.39, 0.29) is 30.9 Å². The molecule has 0 spiro atoms. The van der Waals surface area contributed by atoms with Crippen LogP contribution in [0.4, 0.5) is 0 Å². The summed E-state index contributed by atoms with van der Waals surface area (Å²) in [6.07, 6.45) is 7.00. The summed E-state index contributed by atoms with van der Waals surface area (Å²) in [5.74, 6) is 2.26. The molecule has 1 aliphatic carbocycles. The summed E-state index contributed by atoms with van der Waals surface area (Å²) in [5, 5.41) is 15.9. The maximum Gasteiger partial charge on any atom is 0.250 e. The van der Waals surface area contributed by atoms with Gasteiger partial charge in [-0.05, 0) is 72.5 Å². The van der Waals surface area contributed by atoms with Gasteiger partial charge in [-0.2, -0.15) is 4.80 Å². The Kier molecular flexibility index (Phi) is 10.7. The van der Waals surface area contributed by atoms with E-state index in [4.69, 9.17) is 23.4 Å². The van der Waals surface area contributed by atoms with Gasteiger partial charge in [0.25, 0.3) is 5.91 Å². The molecule has 1 unspecified atom stereocenters. The quantitative estimate of drug-likeness (QED) is 0.215. The molecular formula is C33H40N6O7. The van der Waals surface area contributed by atoms with Crippen molar-refractivity contribution >= 4 is 11.8 Å². The molecule has 0 aliphatic heterocycles. The van der Waals surface area contributed by atoms with E-state index in [1.165, 1.54) is 16.0 Å². The van der Waals surface area contributed by atoms with Crippen LogP contribution in [0.2, 0.25) is 0 Å². The van der Waals surface area contributed by atoms with Crippen LogP contribution in [-0.4, -0.2) is 77.9 Å². The Labute approximate surface area is 267 Å². The summed E-state index contributed by atoms with van der Waals surface area (Å²) in [6, 6.07) is 13.3. The van der Waals surface area contributed by atoms with E-state index in [1.54, 1.807) is 58.8 Å². The minimum absolute atomic E-state index is 0.0440. The molecule has 1 fully saturated rings. The zero-order valence-corrected chi connectivity index (χ0v) is 26.6. The summed E-state index contributed by atoms with van der Waals surface area (Å²) in [6.45, 7) is -0.0465. The third-order valence-electron chi connectivity index (χ3n) is 8.11. The van der Waals surface area contributed by atoms with E-state index < -0.39 is 6.04 Å². The van der Waals surface area contributed by atoms with Crippen LogP contribution in [0.3, 0.4) is 0 Å². The number of benzene rings is 2. The van der Waals surface area contributed by atoms with Gasteiger partial charge in [0.2, 0.25) is 11.7 Å². The van der Waals surface area contributed by atoms with Crippen LogP contribution < -0.4 is 24.3 Å². The van der Waals surface area contributed by atoms with Crippen molar-refractivity contribution < 1.29 is 33.0 Å². The first kappa shape index (κ1) is 32.3. The van der Waals surface area contributed by atoms with E-state index in [1.807, 2.05) is 18.2 Å². The molecule has 2 aromatic heterocycles. The number of hydrogen-bond donors (Lipinski definition) is 1. The monoisotopic (exact) mass is 632 g/mol. The Morgan fingerprint density at radius 1 is 0.935 bits per heavy atom. The second kappa shape index (κ2) is 15.3. The molecule has 1 atom stereocenters. The maximum atomic E-state index is 14.1. The van der Waals surface area contributed by atoms with Gasteiger partial charge in [-0.1, -0.05) is 25.3 Å². The van der Waals surface area contributed by atoms with E-state index in [0.29, 0.717) is 46.6 Å². The highest BCUT2D eigenvalue weighted by Gasteiger charge is 2.35. The first-order valence-corrected chi connectivity index (χ1v) is 15.3. The van der Waals surface area contributed by atoms with Gasteiger partial charge in [-0.15, -0.1) is 10.2 Å². The van der Waals surface area contributed by atoms with Crippen LogP contribution in [-0.2, 0) is 22.6 Å². The first-order chi connectivity index (χ1) is 22.4. The predicted octanol–water partition coefficient (Wildman–Crippen LogP) is 4.23. The van der Waals surface area contributed by atoms with Crippen molar-refractivity contribution in [3.8, 4) is 34.4 Å². The number of hydrogen-bond acceptors (Lipinski definition) is 10. The second-order valence-electron chi connectivity index (χ2n) is 11.0. The number of rotatable bonds is 14. The van der Waals surface area contributed by atoms with Gasteiger partial charge in [-0.3, -0.25) is 9.59 Å². The largest absolute Gasteiger partial charge is 0.493 e. The molecule has 46 heavy (non-hydrogen) atoms. The number of carbonyl (C=O) groups is 2. The summed E-state index contributed by atoms with van der Waals surface area (Å²) in [5.41, 5.74) is 1.54. The third kappa shape index (κ3) is 7.59. The van der Waals surface area contributed by atoms with Crippen molar-refractivity contribution in [1.29, 1.82) is 0 Å². The van der Waals surface area contributed by atoms with Crippen molar-refractivity contribution in [1.82, 2.24) is 30.4 Å². The molecule has 4 aromatic rings. The first-order valence-electron chi connectivity index (χ1n) is 15.3. The van der Waals surface area contributed by atoms with E-state index in [9.17, 15) is 9.59 Å². The molecule has 2 heterocycles. The topological polar surface area (TPSA) is 143 Å². The standard InChI is InChI=1S/C33H40N6O7/c1-42-25-14-12-22(19-28(25)44-3)16-17-38(31(27-11-8-18-46-27)33(41)34-24-9-6-5-7-10-24)30(40)21-39-36-32(35-37-39)23-13-15-26(43-2)29(20-23)45-4/h8,11-15,18-20,24,31H,5-7,9-10,16-17,21H2,1-4H3,(H,34,41). The number of methoxy groups -OCH3 is 4. The molecule has 0 radical (unpaired) electrons. The van der Waals surface area contributed by atoms with Gasteiger partial charge in [0.1, 0.15) is 12.3 Å². The smallest absolute Gasteiger partial charge is 0.250 e. The molecule has 13 nitrogen and oxygen atoms in total. The molecule has 1 N–H and O–H groups in total. The van der Waals surface area contributed by atoms with Crippen LogP contribution in [0, 0.1) is 0 Å². The molecule has 2 aromatic carbocycles. The number of nitrogens with zero attached hydrogens (tertiary/aromatic N) is 5. The fourth-order valence-corrected chi connectivity index (χ4v) is 5.69. The van der Waals surface area contributed by atoms with Gasteiger partial charge < -0.3 is 33.6 Å². The van der Waals surface area contributed by atoms with Gasteiger partial charge >= 0.3 is 0 Å². The molecule has 1 saturated carbocycles. The molecule has 244 valence electrons. The minimum Gasteiger partial charge on any atom is -0.493 e. The lowest BCUT2D eigenvalue weighted by Gasteiger charge is -2.32. The Hall–Kier alpha value is -5.07. The molecule has 1 aliphatic rings. The lowest BCUT2D eigenvalue weighted by molar-refractivity contribution is -0.142. The average molecular weight is 633 g/mol. The zero-order valence-electron chi connectivity index (χ0n) is 26.6. The maximum absolute atomic E-state index is 14.1. The third-order valence-corrected chi connectivity index (χ3v) is 8.11. The molecule has 2 amide bonds. The van der Waals surface area contributed by atoms with Gasteiger partial charge in [0, 0.05) is 18.2 Å². The Balaban J connectivity index is 1.42. The Morgan fingerprint density at radius 3 is 2.30 bits per heavy atom. The van der Waals surface area contributed by atoms with Crippen LogP contribution in [0.25, 0.3) is 11.4 Å². The predicted molar refractivity (Wildman–Crippen MR) is 168 cm³/mol. The summed E-state index contributed by atoms with van der Waals surface area (Å²) >= 11 is 0. The van der Waals surface area contributed by atoms with Gasteiger partial charge in [0.05, 0.1) is 34.7 Å². The number of aromatic nitrogens is 4. The number of carbonyl (C=O) groups excluding carboxylic acids is 2. The SMILES string of the molecule is COc1ccc(CCN(C(=O)Cn2nnc(-c3ccc(OC)c(OC)c3)n2)C(C(=O)NC2CCCCC2)c2ccco2)cc1OC. The summed E-state index contributed by atoms with van der Waals surface area (Å²) in [7, 11) is 6.24. The highest BCUT2D eigenvalue weighted by atomic mass is 16.5. The number of tetrazole rings is 1. The number of amides is 2. The van der Waals surface area contributed by atoms with Crippen molar-refractivity contribution in [2.45, 2.75) is 57.2 Å². The highest BCUT2D eigenvalue weighted by Crippen LogP contribution is 2.31. The minimum atomic E-state index is -1.00. The average Bonchev–Trinajstić information content (AvgIpc) is 3.79. The van der Waals surface area contributed by atoms with Crippen LogP contribution in [0.15, 0.2) is 59.2 Å². The molecule has 13 heteroatoms. The van der Waals surface area contributed by atoms with E-state index >= 15 is 0 Å².